The SMILES string of the molecule is CC1CCC2(CC1)CNC(=O)N(c1cccc(Cl)c1)C2=O. The summed E-state index contributed by atoms with van der Waals surface area (Å²) in [6.45, 7) is 2.67. The predicted molar refractivity (Wildman–Crippen MR) is 82.4 cm³/mol. The summed E-state index contributed by atoms with van der Waals surface area (Å²) in [4.78, 5) is 26.4. The fourth-order valence-corrected chi connectivity index (χ4v) is 3.47. The molecule has 3 rings (SSSR count). The molecule has 1 saturated heterocycles. The molecule has 4 nitrogen and oxygen atoms in total. The Morgan fingerprint density at radius 2 is 2.00 bits per heavy atom. The van der Waals surface area contributed by atoms with Crippen LogP contribution in [0.15, 0.2) is 24.3 Å². The second-order valence-corrected chi connectivity index (χ2v) is 6.68. The van der Waals surface area contributed by atoms with Gasteiger partial charge in [-0.2, -0.15) is 0 Å². The Morgan fingerprint density at radius 3 is 2.67 bits per heavy atom. The lowest BCUT2D eigenvalue weighted by Gasteiger charge is -2.44. The number of rotatable bonds is 1. The average molecular weight is 307 g/mol. The molecule has 1 aromatic rings. The number of hydrogen-bond acceptors (Lipinski definition) is 2. The van der Waals surface area contributed by atoms with Gasteiger partial charge < -0.3 is 5.32 Å². The van der Waals surface area contributed by atoms with E-state index in [2.05, 4.69) is 12.2 Å². The first-order valence-corrected chi connectivity index (χ1v) is 7.78. The van der Waals surface area contributed by atoms with Gasteiger partial charge in [-0.3, -0.25) is 4.79 Å². The van der Waals surface area contributed by atoms with Crippen molar-refractivity contribution in [1.29, 1.82) is 0 Å². The summed E-state index contributed by atoms with van der Waals surface area (Å²) >= 11 is 5.99. The third kappa shape index (κ3) is 2.53. The van der Waals surface area contributed by atoms with Crippen LogP contribution in [-0.4, -0.2) is 18.5 Å². The van der Waals surface area contributed by atoms with Crippen molar-refractivity contribution in [3.63, 3.8) is 0 Å². The van der Waals surface area contributed by atoms with Crippen LogP contribution >= 0.6 is 11.6 Å². The normalized spacial score (nSPS) is 29.6. The molecule has 1 saturated carbocycles. The molecule has 1 heterocycles. The number of nitrogens with zero attached hydrogens (tertiary/aromatic N) is 1. The van der Waals surface area contributed by atoms with Gasteiger partial charge in [0, 0.05) is 11.6 Å². The van der Waals surface area contributed by atoms with E-state index < -0.39 is 5.41 Å². The summed E-state index contributed by atoms with van der Waals surface area (Å²) in [6.07, 6.45) is 3.74. The van der Waals surface area contributed by atoms with Crippen LogP contribution in [0.4, 0.5) is 10.5 Å². The van der Waals surface area contributed by atoms with Crippen LogP contribution in [-0.2, 0) is 4.79 Å². The fourth-order valence-electron chi connectivity index (χ4n) is 3.28. The highest BCUT2D eigenvalue weighted by atomic mass is 35.5. The van der Waals surface area contributed by atoms with E-state index in [1.54, 1.807) is 24.3 Å². The number of hydrogen-bond donors (Lipinski definition) is 1. The van der Waals surface area contributed by atoms with Crippen molar-refractivity contribution in [1.82, 2.24) is 5.32 Å². The van der Waals surface area contributed by atoms with Crippen molar-refractivity contribution in [2.24, 2.45) is 11.3 Å². The second-order valence-electron chi connectivity index (χ2n) is 6.24. The lowest BCUT2D eigenvalue weighted by atomic mass is 9.69. The highest BCUT2D eigenvalue weighted by Crippen LogP contribution is 2.42. The van der Waals surface area contributed by atoms with E-state index in [9.17, 15) is 9.59 Å². The number of amides is 3. The molecule has 112 valence electrons. The smallest absolute Gasteiger partial charge is 0.328 e. The van der Waals surface area contributed by atoms with Crippen LogP contribution in [0.3, 0.4) is 0 Å². The summed E-state index contributed by atoms with van der Waals surface area (Å²) in [6, 6.07) is 6.53. The van der Waals surface area contributed by atoms with Gasteiger partial charge in [0.1, 0.15) is 0 Å². The molecule has 2 aliphatic rings. The molecule has 2 fully saturated rings. The molecule has 0 unspecified atom stereocenters. The molecular formula is C16H19ClN2O2. The Labute approximate surface area is 129 Å². The van der Waals surface area contributed by atoms with Crippen molar-refractivity contribution in [2.45, 2.75) is 32.6 Å². The third-order valence-corrected chi connectivity index (χ3v) is 4.97. The van der Waals surface area contributed by atoms with Crippen LogP contribution in [0, 0.1) is 11.3 Å². The number of nitrogens with one attached hydrogen (secondary N) is 1. The number of carbonyl (C=O) groups is 2. The van der Waals surface area contributed by atoms with Crippen molar-refractivity contribution in [3.05, 3.63) is 29.3 Å². The van der Waals surface area contributed by atoms with Gasteiger partial charge in [-0.05, 0) is 49.8 Å². The zero-order valence-corrected chi connectivity index (χ0v) is 12.8. The molecule has 1 aliphatic carbocycles. The molecule has 0 aromatic heterocycles. The number of anilines is 1. The van der Waals surface area contributed by atoms with Crippen LogP contribution in [0.1, 0.15) is 32.6 Å². The molecule has 0 atom stereocenters. The van der Waals surface area contributed by atoms with Gasteiger partial charge in [-0.1, -0.05) is 24.6 Å². The fraction of sp³-hybridized carbons (Fsp3) is 0.500. The number of urea groups is 1. The number of benzene rings is 1. The highest BCUT2D eigenvalue weighted by Gasteiger charge is 2.48. The van der Waals surface area contributed by atoms with E-state index in [-0.39, 0.29) is 11.9 Å². The standard InChI is InChI=1S/C16H19ClN2O2/c1-11-5-7-16(8-6-11)10-18-15(21)19(14(16)20)13-4-2-3-12(17)9-13/h2-4,9,11H,5-8,10H2,1H3,(H,18,21). The van der Waals surface area contributed by atoms with Crippen molar-refractivity contribution in [2.75, 3.05) is 11.4 Å². The maximum absolute atomic E-state index is 13.0. The van der Waals surface area contributed by atoms with E-state index in [1.165, 1.54) is 4.90 Å². The van der Waals surface area contributed by atoms with E-state index in [0.717, 1.165) is 25.7 Å². The lowest BCUT2D eigenvalue weighted by molar-refractivity contribution is -0.130. The molecule has 0 radical (unpaired) electrons. The molecule has 3 amide bonds. The predicted octanol–water partition coefficient (Wildman–Crippen LogP) is 3.59. The maximum atomic E-state index is 13.0. The number of carbonyl (C=O) groups excluding carboxylic acids is 2. The molecule has 5 heteroatoms. The van der Waals surface area contributed by atoms with Gasteiger partial charge in [-0.15, -0.1) is 0 Å². The molecule has 21 heavy (non-hydrogen) atoms. The number of imide groups is 1. The molecular weight excluding hydrogens is 288 g/mol. The molecule has 1 spiro atoms. The summed E-state index contributed by atoms with van der Waals surface area (Å²) in [5.74, 6) is 0.570. The van der Waals surface area contributed by atoms with Crippen LogP contribution in [0.25, 0.3) is 0 Å². The summed E-state index contributed by atoms with van der Waals surface area (Å²) < 4.78 is 0. The molecule has 1 aliphatic heterocycles. The molecule has 1 aromatic carbocycles. The largest absolute Gasteiger partial charge is 0.336 e. The zero-order valence-electron chi connectivity index (χ0n) is 12.1. The lowest BCUT2D eigenvalue weighted by Crippen LogP contribution is -2.61. The Balaban J connectivity index is 1.93. The molecule has 1 N–H and O–H groups in total. The quantitative estimate of drug-likeness (QED) is 0.862. The Morgan fingerprint density at radius 1 is 1.29 bits per heavy atom. The van der Waals surface area contributed by atoms with E-state index in [0.29, 0.717) is 23.2 Å². The Kier molecular flexibility index (Phi) is 3.66. The van der Waals surface area contributed by atoms with Gasteiger partial charge in [-0.25, -0.2) is 9.69 Å². The van der Waals surface area contributed by atoms with E-state index in [1.807, 2.05) is 0 Å². The van der Waals surface area contributed by atoms with Crippen LogP contribution < -0.4 is 10.2 Å². The van der Waals surface area contributed by atoms with Gasteiger partial charge in [0.2, 0.25) is 5.91 Å². The molecule has 0 bridgehead atoms. The van der Waals surface area contributed by atoms with Gasteiger partial charge in [0.25, 0.3) is 0 Å². The summed E-state index contributed by atoms with van der Waals surface area (Å²) in [7, 11) is 0. The second kappa shape index (κ2) is 5.34. The first-order valence-electron chi connectivity index (χ1n) is 7.40. The van der Waals surface area contributed by atoms with Gasteiger partial charge >= 0.3 is 6.03 Å². The van der Waals surface area contributed by atoms with E-state index >= 15 is 0 Å². The van der Waals surface area contributed by atoms with Crippen LogP contribution in [0.2, 0.25) is 5.02 Å². The van der Waals surface area contributed by atoms with Gasteiger partial charge in [0.05, 0.1) is 11.1 Å². The minimum absolute atomic E-state index is 0.0829. The zero-order chi connectivity index (χ0) is 15.0. The van der Waals surface area contributed by atoms with Crippen molar-refractivity contribution >= 4 is 29.2 Å². The Hall–Kier alpha value is -1.55. The first kappa shape index (κ1) is 14.4. The average Bonchev–Trinajstić information content (AvgIpc) is 2.46. The first-order chi connectivity index (χ1) is 10.0. The van der Waals surface area contributed by atoms with Crippen LogP contribution in [0.5, 0.6) is 0 Å². The van der Waals surface area contributed by atoms with Gasteiger partial charge in [0.15, 0.2) is 0 Å². The monoisotopic (exact) mass is 306 g/mol. The minimum Gasteiger partial charge on any atom is -0.336 e. The van der Waals surface area contributed by atoms with Crippen molar-refractivity contribution < 1.29 is 9.59 Å². The topological polar surface area (TPSA) is 49.4 Å². The Bertz CT molecular complexity index is 579. The number of halogens is 1. The summed E-state index contributed by atoms with van der Waals surface area (Å²) in [5.41, 5.74) is 0.102. The minimum atomic E-state index is -0.442. The van der Waals surface area contributed by atoms with Crippen molar-refractivity contribution in [3.8, 4) is 0 Å². The van der Waals surface area contributed by atoms with E-state index in [4.69, 9.17) is 11.6 Å². The highest BCUT2D eigenvalue weighted by molar-refractivity contribution is 6.31. The summed E-state index contributed by atoms with van der Waals surface area (Å²) in [5, 5.41) is 3.40. The maximum Gasteiger partial charge on any atom is 0.328 e. The third-order valence-electron chi connectivity index (χ3n) is 4.74.